The molecule has 1 aromatic rings. The van der Waals surface area contributed by atoms with Gasteiger partial charge in [-0.1, -0.05) is 6.92 Å². The van der Waals surface area contributed by atoms with Crippen LogP contribution in [0.4, 0.5) is 5.82 Å². The Morgan fingerprint density at radius 1 is 1.53 bits per heavy atom. The predicted octanol–water partition coefficient (Wildman–Crippen LogP) is 1.06. The topological polar surface area (TPSA) is 62.3 Å². The van der Waals surface area contributed by atoms with Crippen LogP contribution in [-0.4, -0.2) is 45.3 Å². The number of anilines is 1. The Bertz CT molecular complexity index is 528. The molecule has 1 unspecified atom stereocenters. The predicted molar refractivity (Wildman–Crippen MR) is 76.3 cm³/mol. The van der Waals surface area contributed by atoms with Crippen molar-refractivity contribution < 1.29 is 8.42 Å². The Morgan fingerprint density at radius 2 is 2.32 bits per heavy atom. The number of nitrogens with zero attached hydrogens (tertiary/aromatic N) is 2. The highest BCUT2D eigenvalue weighted by Crippen LogP contribution is 2.25. The lowest BCUT2D eigenvalue weighted by Crippen LogP contribution is -2.46. The van der Waals surface area contributed by atoms with Gasteiger partial charge in [-0.05, 0) is 31.5 Å². The van der Waals surface area contributed by atoms with Crippen molar-refractivity contribution in [1.29, 1.82) is 0 Å². The molecule has 0 aromatic carbocycles. The second-order valence-corrected chi connectivity index (χ2v) is 6.92. The van der Waals surface area contributed by atoms with Crippen molar-refractivity contribution in [3.63, 3.8) is 0 Å². The zero-order valence-corrected chi connectivity index (χ0v) is 12.3. The summed E-state index contributed by atoms with van der Waals surface area (Å²) in [6.07, 6.45) is 5.07. The van der Waals surface area contributed by atoms with E-state index in [2.05, 4.69) is 22.1 Å². The van der Waals surface area contributed by atoms with Gasteiger partial charge in [0, 0.05) is 31.6 Å². The van der Waals surface area contributed by atoms with Gasteiger partial charge >= 0.3 is 0 Å². The van der Waals surface area contributed by atoms with Gasteiger partial charge in [-0.15, -0.1) is 0 Å². The first kappa shape index (κ1) is 14.3. The van der Waals surface area contributed by atoms with Crippen LogP contribution in [0.1, 0.15) is 19.8 Å². The summed E-state index contributed by atoms with van der Waals surface area (Å²) in [6.45, 7) is 4.69. The second kappa shape index (κ2) is 5.88. The Hall–Kier alpha value is -1.14. The SMILES string of the molecule is CCNC1CCCN(c2ncccc2S(C)(=O)=O)C1. The van der Waals surface area contributed by atoms with Crippen LogP contribution in [0, 0.1) is 0 Å². The molecule has 5 nitrogen and oxygen atoms in total. The summed E-state index contributed by atoms with van der Waals surface area (Å²) in [5, 5.41) is 3.42. The zero-order valence-electron chi connectivity index (χ0n) is 11.5. The van der Waals surface area contributed by atoms with Crippen molar-refractivity contribution in [2.24, 2.45) is 0 Å². The maximum absolute atomic E-state index is 11.8. The lowest BCUT2D eigenvalue weighted by Gasteiger charge is -2.34. The number of piperidine rings is 1. The molecule has 1 aliphatic heterocycles. The number of hydrogen-bond donors (Lipinski definition) is 1. The summed E-state index contributed by atoms with van der Waals surface area (Å²) < 4.78 is 23.6. The third-order valence-corrected chi connectivity index (χ3v) is 4.48. The van der Waals surface area contributed by atoms with E-state index in [1.165, 1.54) is 6.26 Å². The molecule has 0 saturated carbocycles. The number of pyridine rings is 1. The van der Waals surface area contributed by atoms with Crippen LogP contribution in [0.15, 0.2) is 23.2 Å². The van der Waals surface area contributed by atoms with Crippen LogP contribution in [0.3, 0.4) is 0 Å². The average molecular weight is 283 g/mol. The summed E-state index contributed by atoms with van der Waals surface area (Å²) in [6, 6.07) is 3.72. The van der Waals surface area contributed by atoms with Crippen molar-refractivity contribution >= 4 is 15.7 Å². The van der Waals surface area contributed by atoms with Crippen LogP contribution in [0.25, 0.3) is 0 Å². The van der Waals surface area contributed by atoms with Crippen molar-refractivity contribution in [1.82, 2.24) is 10.3 Å². The average Bonchev–Trinajstić information content (AvgIpc) is 2.38. The maximum Gasteiger partial charge on any atom is 0.179 e. The number of nitrogens with one attached hydrogen (secondary N) is 1. The molecule has 2 rings (SSSR count). The summed E-state index contributed by atoms with van der Waals surface area (Å²) in [4.78, 5) is 6.69. The fourth-order valence-electron chi connectivity index (χ4n) is 2.53. The summed E-state index contributed by atoms with van der Waals surface area (Å²) in [5.74, 6) is 0.590. The van der Waals surface area contributed by atoms with Gasteiger partial charge in [-0.2, -0.15) is 0 Å². The van der Waals surface area contributed by atoms with Crippen LogP contribution >= 0.6 is 0 Å². The first-order valence-electron chi connectivity index (χ1n) is 6.65. The molecule has 19 heavy (non-hydrogen) atoms. The van der Waals surface area contributed by atoms with E-state index in [9.17, 15) is 8.42 Å². The van der Waals surface area contributed by atoms with Crippen LogP contribution < -0.4 is 10.2 Å². The first-order valence-corrected chi connectivity index (χ1v) is 8.55. The van der Waals surface area contributed by atoms with Gasteiger partial charge in [-0.25, -0.2) is 13.4 Å². The molecule has 2 heterocycles. The van der Waals surface area contributed by atoms with E-state index in [1.807, 2.05) is 0 Å². The Kier molecular flexibility index (Phi) is 4.42. The van der Waals surface area contributed by atoms with Gasteiger partial charge in [-0.3, -0.25) is 0 Å². The van der Waals surface area contributed by atoms with E-state index < -0.39 is 9.84 Å². The molecule has 0 bridgehead atoms. The molecule has 1 fully saturated rings. The van der Waals surface area contributed by atoms with E-state index in [0.717, 1.165) is 32.5 Å². The Morgan fingerprint density at radius 3 is 3.00 bits per heavy atom. The molecule has 0 amide bonds. The van der Waals surface area contributed by atoms with Crippen molar-refractivity contribution in [2.45, 2.75) is 30.7 Å². The molecule has 0 aliphatic carbocycles. The summed E-state index contributed by atoms with van der Waals surface area (Å²) >= 11 is 0. The third-order valence-electron chi connectivity index (χ3n) is 3.36. The third kappa shape index (κ3) is 3.45. The molecule has 1 aliphatic rings. The summed E-state index contributed by atoms with van der Waals surface area (Å²) in [5.41, 5.74) is 0. The minimum atomic E-state index is -3.24. The number of rotatable bonds is 4. The highest BCUT2D eigenvalue weighted by atomic mass is 32.2. The fraction of sp³-hybridized carbons (Fsp3) is 0.615. The van der Waals surface area contributed by atoms with Gasteiger partial charge < -0.3 is 10.2 Å². The second-order valence-electron chi connectivity index (χ2n) is 4.94. The molecule has 0 spiro atoms. The smallest absolute Gasteiger partial charge is 0.179 e. The van der Waals surface area contributed by atoms with E-state index in [-0.39, 0.29) is 0 Å². The number of sulfone groups is 1. The minimum absolute atomic E-state index is 0.326. The van der Waals surface area contributed by atoms with Gasteiger partial charge in [0.05, 0.1) is 0 Å². The molecular weight excluding hydrogens is 262 g/mol. The van der Waals surface area contributed by atoms with Gasteiger partial charge in [0.25, 0.3) is 0 Å². The van der Waals surface area contributed by atoms with Gasteiger partial charge in [0.15, 0.2) is 9.84 Å². The Labute approximate surface area is 114 Å². The molecular formula is C13H21N3O2S. The molecule has 0 radical (unpaired) electrons. The Balaban J connectivity index is 2.27. The molecule has 1 saturated heterocycles. The zero-order chi connectivity index (χ0) is 13.9. The van der Waals surface area contributed by atoms with E-state index in [4.69, 9.17) is 0 Å². The maximum atomic E-state index is 11.8. The number of aromatic nitrogens is 1. The quantitative estimate of drug-likeness (QED) is 0.895. The van der Waals surface area contributed by atoms with Crippen molar-refractivity contribution in [3.05, 3.63) is 18.3 Å². The summed E-state index contributed by atoms with van der Waals surface area (Å²) in [7, 11) is -3.24. The highest BCUT2D eigenvalue weighted by molar-refractivity contribution is 7.90. The fourth-order valence-corrected chi connectivity index (χ4v) is 3.37. The molecule has 1 aromatic heterocycles. The van der Waals surface area contributed by atoms with Gasteiger partial charge in [0.1, 0.15) is 10.7 Å². The van der Waals surface area contributed by atoms with Crippen LogP contribution in [0.5, 0.6) is 0 Å². The molecule has 1 N–H and O–H groups in total. The monoisotopic (exact) mass is 283 g/mol. The number of likely N-dealkylation sites (N-methyl/N-ethyl adjacent to an activating group) is 1. The largest absolute Gasteiger partial charge is 0.354 e. The molecule has 1 atom stereocenters. The number of hydrogen-bond acceptors (Lipinski definition) is 5. The van der Waals surface area contributed by atoms with E-state index in [0.29, 0.717) is 16.8 Å². The lowest BCUT2D eigenvalue weighted by atomic mass is 10.1. The molecule has 106 valence electrons. The van der Waals surface area contributed by atoms with E-state index in [1.54, 1.807) is 18.3 Å². The van der Waals surface area contributed by atoms with Gasteiger partial charge in [0.2, 0.25) is 0 Å². The van der Waals surface area contributed by atoms with E-state index >= 15 is 0 Å². The molecule has 6 heteroatoms. The van der Waals surface area contributed by atoms with Crippen molar-refractivity contribution in [3.8, 4) is 0 Å². The first-order chi connectivity index (χ1) is 9.02. The van der Waals surface area contributed by atoms with Crippen LogP contribution in [-0.2, 0) is 9.84 Å². The normalized spacial score (nSPS) is 20.5. The lowest BCUT2D eigenvalue weighted by molar-refractivity contribution is 0.428. The highest BCUT2D eigenvalue weighted by Gasteiger charge is 2.24. The minimum Gasteiger partial charge on any atom is -0.354 e. The van der Waals surface area contributed by atoms with Crippen molar-refractivity contribution in [2.75, 3.05) is 30.8 Å². The van der Waals surface area contributed by atoms with Crippen LogP contribution in [0.2, 0.25) is 0 Å². The standard InChI is InChI=1S/C13H21N3O2S/c1-3-14-11-6-5-9-16(10-11)13-12(19(2,17)18)7-4-8-15-13/h4,7-8,11,14H,3,5-6,9-10H2,1-2H3.